The van der Waals surface area contributed by atoms with Gasteiger partial charge in [0.2, 0.25) is 17.6 Å². The number of piperidine rings is 1. The Labute approximate surface area is 531 Å². The average Bonchev–Trinajstić information content (AvgIpc) is 2.72. The molecule has 1 aliphatic heterocycles. The number of likely N-dealkylation sites (tertiary alicyclic amines) is 1. The Morgan fingerprint density at radius 1 is 0.733 bits per heavy atom. The number of ketones is 1. The summed E-state index contributed by atoms with van der Waals surface area (Å²) in [7, 11) is 4.70. The number of methoxy groups -OCH3 is 2. The summed E-state index contributed by atoms with van der Waals surface area (Å²) < 4.78 is 23.6. The summed E-state index contributed by atoms with van der Waals surface area (Å²) in [4.78, 5) is 104. The number of amides is 6. The number of pyridine rings is 1. The zero-order chi connectivity index (χ0) is 65.9. The summed E-state index contributed by atoms with van der Waals surface area (Å²) in [5, 5.41) is 22.7. The number of nitrogens with zero attached hydrogens (tertiary/aromatic N) is 4. The lowest BCUT2D eigenvalue weighted by molar-refractivity contribution is -0.164. The monoisotopic (exact) mass is 1240 g/mol. The maximum absolute atomic E-state index is 14.7. The smallest absolute Gasteiger partial charge is 0.329 e. The summed E-state index contributed by atoms with van der Waals surface area (Å²) >= 11 is 0. The molecule has 6 rings (SSSR count). The van der Waals surface area contributed by atoms with Gasteiger partial charge in [0.05, 0.1) is 38.6 Å². The molecule has 486 valence electrons. The lowest BCUT2D eigenvalue weighted by atomic mass is 9.84. The van der Waals surface area contributed by atoms with Crippen LogP contribution in [0.2, 0.25) is 0 Å². The quantitative estimate of drug-likeness (QED) is 0.0170. The fraction of sp³-hybridized carbons (Fsp3) is 0.486. The SMILES string of the molecule is CCC(C)(C)C(=O)C(=O)N1CCCC[C@H]1C(=O)O[C@H](CCc1ccc(OC)c(OC)c1)c1cccc(OCCN(C)C(=O)N[C@H](C(=O)N[C@@H](Cc2ccccc2)[C@@H](O)CN(Cc2ccc(-c3ccccn3)cc2)NC(=O)[C@@H](NC(C)=O)C(C)(C)C)C(C)(C)C)c1. The molecule has 6 amide bonds. The van der Waals surface area contributed by atoms with Gasteiger partial charge < -0.3 is 49.8 Å². The summed E-state index contributed by atoms with van der Waals surface area (Å²) in [5.41, 5.74) is 5.38. The number of ether oxygens (including phenoxy) is 4. The van der Waals surface area contributed by atoms with E-state index in [9.17, 15) is 38.7 Å². The van der Waals surface area contributed by atoms with Gasteiger partial charge in [0.25, 0.3) is 11.8 Å². The van der Waals surface area contributed by atoms with E-state index in [4.69, 9.17) is 18.9 Å². The van der Waals surface area contributed by atoms with Crippen LogP contribution < -0.4 is 35.6 Å². The van der Waals surface area contributed by atoms with E-state index in [1.54, 1.807) is 64.5 Å². The first-order valence-electron chi connectivity index (χ1n) is 31.0. The number of aryl methyl sites for hydroxylation is 1. The molecule has 5 aromatic rings. The van der Waals surface area contributed by atoms with Gasteiger partial charge in [0.15, 0.2) is 11.5 Å². The molecular formula is C70H94N8O12. The second-order valence-corrected chi connectivity index (χ2v) is 26.0. The molecule has 90 heavy (non-hydrogen) atoms. The van der Waals surface area contributed by atoms with Crippen LogP contribution in [0.3, 0.4) is 0 Å². The zero-order valence-corrected chi connectivity index (χ0v) is 54.7. The van der Waals surface area contributed by atoms with Gasteiger partial charge in [-0.15, -0.1) is 0 Å². The Morgan fingerprint density at radius 2 is 1.40 bits per heavy atom. The van der Waals surface area contributed by atoms with E-state index in [1.807, 2.05) is 146 Å². The zero-order valence-electron chi connectivity index (χ0n) is 54.7. The first-order chi connectivity index (χ1) is 42.6. The molecule has 2 heterocycles. The van der Waals surface area contributed by atoms with Crippen LogP contribution in [-0.4, -0.2) is 144 Å². The van der Waals surface area contributed by atoms with Crippen molar-refractivity contribution in [2.24, 2.45) is 16.2 Å². The van der Waals surface area contributed by atoms with Crippen molar-refractivity contribution in [3.8, 4) is 28.5 Å². The normalized spacial score (nSPS) is 15.2. The predicted octanol–water partition coefficient (Wildman–Crippen LogP) is 8.98. The second-order valence-electron chi connectivity index (χ2n) is 26.0. The molecule has 0 spiro atoms. The summed E-state index contributed by atoms with van der Waals surface area (Å²) in [6.07, 6.45) is 2.76. The van der Waals surface area contributed by atoms with Crippen LogP contribution in [0, 0.1) is 16.2 Å². The van der Waals surface area contributed by atoms with Crippen molar-refractivity contribution in [3.05, 3.63) is 144 Å². The van der Waals surface area contributed by atoms with E-state index in [0.717, 1.165) is 27.9 Å². The Morgan fingerprint density at radius 3 is 2.03 bits per heavy atom. The molecule has 5 N–H and O–H groups in total. The third-order valence-electron chi connectivity index (χ3n) is 16.3. The van der Waals surface area contributed by atoms with E-state index in [1.165, 1.54) is 16.7 Å². The molecule has 6 atom stereocenters. The molecule has 1 aromatic heterocycles. The molecule has 1 aliphatic rings. The van der Waals surface area contributed by atoms with E-state index < -0.39 is 88.1 Å². The van der Waals surface area contributed by atoms with Crippen LogP contribution in [0.15, 0.2) is 121 Å². The van der Waals surface area contributed by atoms with Crippen molar-refractivity contribution >= 4 is 41.4 Å². The van der Waals surface area contributed by atoms with Gasteiger partial charge in [-0.1, -0.05) is 141 Å². The van der Waals surface area contributed by atoms with Gasteiger partial charge in [-0.25, -0.2) is 14.6 Å². The van der Waals surface area contributed by atoms with Gasteiger partial charge >= 0.3 is 12.0 Å². The highest BCUT2D eigenvalue weighted by atomic mass is 16.5. The molecule has 1 fully saturated rings. The van der Waals surface area contributed by atoms with E-state index in [0.29, 0.717) is 61.3 Å². The van der Waals surface area contributed by atoms with Crippen LogP contribution in [0.1, 0.15) is 130 Å². The number of nitrogens with one attached hydrogen (secondary N) is 4. The van der Waals surface area contributed by atoms with Gasteiger partial charge in [-0.05, 0) is 114 Å². The van der Waals surface area contributed by atoms with Crippen molar-refractivity contribution in [3.63, 3.8) is 0 Å². The number of likely N-dealkylation sites (N-methyl/N-ethyl adjacent to an activating group) is 1. The van der Waals surface area contributed by atoms with Crippen LogP contribution in [0.5, 0.6) is 17.2 Å². The number of hydrazine groups is 1. The number of esters is 1. The Balaban J connectivity index is 1.17. The maximum atomic E-state index is 14.7. The molecule has 0 unspecified atom stereocenters. The molecule has 0 bridgehead atoms. The first kappa shape index (κ1) is 70.7. The highest BCUT2D eigenvalue weighted by Gasteiger charge is 2.42. The molecule has 0 aliphatic carbocycles. The number of hydrogen-bond acceptors (Lipinski definition) is 14. The third kappa shape index (κ3) is 20.3. The van der Waals surface area contributed by atoms with Crippen molar-refractivity contribution in [1.82, 2.24) is 41.2 Å². The molecule has 20 nitrogen and oxygen atoms in total. The van der Waals surface area contributed by atoms with E-state index >= 15 is 0 Å². The lowest BCUT2D eigenvalue weighted by Crippen LogP contribution is -2.61. The second kappa shape index (κ2) is 32.4. The van der Waals surface area contributed by atoms with Crippen molar-refractivity contribution < 1.29 is 57.6 Å². The van der Waals surface area contributed by atoms with Crippen LogP contribution in [0.4, 0.5) is 4.79 Å². The van der Waals surface area contributed by atoms with Crippen molar-refractivity contribution in [2.75, 3.05) is 47.5 Å². The number of rotatable bonds is 29. The number of aliphatic hydroxyl groups is 1. The standard InChI is InChI=1S/C70H94N8O12/c1-14-70(9,10)62(81)65(84)78-38-21-19-28-55(78)66(85)90-57(35-31-48-32-36-58(87-12)59(42-48)88-13)51-25-22-26-52(43-51)89-40-39-76(11)67(86)74-60(68(3,4)5)63(82)73-54(41-47-23-16-15-17-24-47)56(80)45-77(75-64(83)61(69(6,7)8)72-46(2)79)44-49-29-33-50(34-30-49)53-27-18-20-37-71-53/h15-18,20,22-27,29-30,32-34,36-37,42-43,54-57,60-61,80H,14,19,21,28,31,35,38-41,44-45H2,1-13H3,(H,72,79)(H,73,82)(H,74,86)(H,75,83)/t54-,55-,56-,57+,60+,61+/m0/s1. The van der Waals surface area contributed by atoms with Crippen LogP contribution in [0.25, 0.3) is 11.3 Å². The molecule has 1 saturated heterocycles. The predicted molar refractivity (Wildman–Crippen MR) is 345 cm³/mol. The highest BCUT2D eigenvalue weighted by Crippen LogP contribution is 2.33. The highest BCUT2D eigenvalue weighted by molar-refractivity contribution is 6.38. The summed E-state index contributed by atoms with van der Waals surface area (Å²) in [5.74, 6) is -1.71. The minimum Gasteiger partial charge on any atom is -0.493 e. The Kier molecular flexibility index (Phi) is 25.5. The summed E-state index contributed by atoms with van der Waals surface area (Å²) in [6.45, 7) is 18.0. The van der Waals surface area contributed by atoms with Gasteiger partial charge in [0, 0.05) is 50.8 Å². The topological polar surface area (TPSA) is 247 Å². The fourth-order valence-corrected chi connectivity index (χ4v) is 10.5. The minimum absolute atomic E-state index is 0.0329. The fourth-order valence-electron chi connectivity index (χ4n) is 10.5. The lowest BCUT2D eigenvalue weighted by Gasteiger charge is -2.36. The average molecular weight is 1240 g/mol. The Bertz CT molecular complexity index is 3200. The van der Waals surface area contributed by atoms with E-state index in [2.05, 4.69) is 26.4 Å². The number of aliphatic hydroxyl groups excluding tert-OH is 1. The van der Waals surface area contributed by atoms with Gasteiger partial charge in [-0.2, -0.15) is 0 Å². The molecule has 20 heteroatoms. The van der Waals surface area contributed by atoms with Crippen molar-refractivity contribution in [2.45, 2.75) is 157 Å². The number of urea groups is 1. The number of Topliss-reactive ketones (excluding diaryl/α,β-unsaturated/α-hetero) is 1. The number of carbonyl (C=O) groups is 7. The number of hydrogen-bond donors (Lipinski definition) is 5. The van der Waals surface area contributed by atoms with Crippen molar-refractivity contribution in [1.29, 1.82) is 0 Å². The minimum atomic E-state index is -1.29. The van der Waals surface area contributed by atoms with Gasteiger partial charge in [0.1, 0.15) is 36.6 Å². The molecular weight excluding hydrogens is 1140 g/mol. The van der Waals surface area contributed by atoms with E-state index in [-0.39, 0.29) is 45.1 Å². The molecule has 0 saturated carbocycles. The molecule has 0 radical (unpaired) electrons. The third-order valence-corrected chi connectivity index (χ3v) is 16.3. The largest absolute Gasteiger partial charge is 0.493 e. The number of benzene rings is 4. The number of carbonyl (C=O) groups excluding carboxylic acids is 7. The number of aromatic nitrogens is 1. The van der Waals surface area contributed by atoms with Crippen LogP contribution >= 0.6 is 0 Å². The van der Waals surface area contributed by atoms with Crippen LogP contribution in [-0.2, 0) is 52.9 Å². The summed E-state index contributed by atoms with van der Waals surface area (Å²) in [6, 6.07) is 30.9. The van der Waals surface area contributed by atoms with Gasteiger partial charge in [-0.3, -0.25) is 34.4 Å². The Hall–Kier alpha value is -8.36. The molecule has 4 aromatic carbocycles. The maximum Gasteiger partial charge on any atom is 0.329 e. The first-order valence-corrected chi connectivity index (χ1v) is 31.0.